The van der Waals surface area contributed by atoms with Crippen molar-refractivity contribution in [3.8, 4) is 12.3 Å². The van der Waals surface area contributed by atoms with Crippen molar-refractivity contribution < 1.29 is 0 Å². The predicted molar refractivity (Wildman–Crippen MR) is 58.1 cm³/mol. The molecule has 70 valence electrons. The van der Waals surface area contributed by atoms with Crippen LogP contribution in [0.5, 0.6) is 0 Å². The van der Waals surface area contributed by atoms with Crippen molar-refractivity contribution in [3.63, 3.8) is 0 Å². The number of hydrogen-bond acceptors (Lipinski definition) is 3. The van der Waals surface area contributed by atoms with Crippen LogP contribution in [-0.2, 0) is 0 Å². The van der Waals surface area contributed by atoms with E-state index in [0.717, 1.165) is 18.1 Å². The van der Waals surface area contributed by atoms with Gasteiger partial charge < -0.3 is 5.32 Å². The van der Waals surface area contributed by atoms with Crippen molar-refractivity contribution >= 4 is 16.5 Å². The van der Waals surface area contributed by atoms with Crippen molar-refractivity contribution in [2.24, 2.45) is 0 Å². The van der Waals surface area contributed by atoms with Gasteiger partial charge in [0.25, 0.3) is 0 Å². The quantitative estimate of drug-likeness (QED) is 0.589. The number of thiazole rings is 1. The van der Waals surface area contributed by atoms with Crippen LogP contribution in [-0.4, -0.2) is 11.5 Å². The maximum atomic E-state index is 5.14. The third-order valence-corrected chi connectivity index (χ3v) is 2.89. The van der Waals surface area contributed by atoms with Gasteiger partial charge in [-0.3, -0.25) is 0 Å². The minimum Gasteiger partial charge on any atom is -0.361 e. The molecule has 0 saturated carbocycles. The number of anilines is 1. The summed E-state index contributed by atoms with van der Waals surface area (Å²) in [4.78, 5) is 5.56. The first kappa shape index (κ1) is 10.1. The Labute approximate surface area is 83.4 Å². The van der Waals surface area contributed by atoms with Gasteiger partial charge in [-0.2, -0.15) is 0 Å². The minimum atomic E-state index is 0.556. The van der Waals surface area contributed by atoms with Crippen molar-refractivity contribution in [1.29, 1.82) is 0 Å². The van der Waals surface area contributed by atoms with Crippen LogP contribution in [0.25, 0.3) is 0 Å². The number of hydrogen-bond donors (Lipinski definition) is 1. The lowest BCUT2D eigenvalue weighted by Gasteiger charge is -1.98. The molecule has 0 amide bonds. The molecule has 13 heavy (non-hydrogen) atoms. The maximum Gasteiger partial charge on any atom is 0.182 e. The lowest BCUT2D eigenvalue weighted by molar-refractivity contribution is 0.885. The number of rotatable bonds is 4. The lowest BCUT2D eigenvalue weighted by atomic mass is 10.2. The van der Waals surface area contributed by atoms with E-state index in [2.05, 4.69) is 30.1 Å². The molecule has 0 aliphatic carbocycles. The zero-order valence-electron chi connectivity index (χ0n) is 8.00. The van der Waals surface area contributed by atoms with Gasteiger partial charge in [0.05, 0.1) is 0 Å². The first-order valence-electron chi connectivity index (χ1n) is 4.37. The molecule has 0 fully saturated rings. The van der Waals surface area contributed by atoms with E-state index >= 15 is 0 Å². The summed E-state index contributed by atoms with van der Waals surface area (Å²) in [6, 6.07) is 0. The average molecular weight is 194 g/mol. The molecule has 0 unspecified atom stereocenters. The van der Waals surface area contributed by atoms with Gasteiger partial charge >= 0.3 is 0 Å². The van der Waals surface area contributed by atoms with Gasteiger partial charge in [-0.05, 0) is 5.92 Å². The van der Waals surface area contributed by atoms with Gasteiger partial charge in [0.1, 0.15) is 0 Å². The number of nitrogens with zero attached hydrogens (tertiary/aromatic N) is 1. The Hall–Kier alpha value is -1.01. The van der Waals surface area contributed by atoms with Crippen molar-refractivity contribution in [2.45, 2.75) is 26.2 Å². The third-order valence-electron chi connectivity index (χ3n) is 1.64. The highest BCUT2D eigenvalue weighted by Crippen LogP contribution is 2.24. The monoisotopic (exact) mass is 194 g/mol. The standard InChI is InChI=1S/C10H14N2S/c1-4-5-6-11-10-12-7-9(13-10)8(2)3/h1,7-8H,5-6H2,2-3H3,(H,11,12). The van der Waals surface area contributed by atoms with E-state index in [-0.39, 0.29) is 0 Å². The lowest BCUT2D eigenvalue weighted by Crippen LogP contribution is -1.98. The largest absolute Gasteiger partial charge is 0.361 e. The number of nitrogens with one attached hydrogen (secondary N) is 1. The van der Waals surface area contributed by atoms with Crippen LogP contribution in [0.4, 0.5) is 5.13 Å². The first-order chi connectivity index (χ1) is 6.24. The minimum absolute atomic E-state index is 0.556. The molecule has 1 rings (SSSR count). The molecule has 0 spiro atoms. The summed E-state index contributed by atoms with van der Waals surface area (Å²) < 4.78 is 0. The van der Waals surface area contributed by atoms with Crippen LogP contribution in [0.3, 0.4) is 0 Å². The van der Waals surface area contributed by atoms with E-state index in [0.29, 0.717) is 5.92 Å². The molecule has 0 bridgehead atoms. The summed E-state index contributed by atoms with van der Waals surface area (Å²) >= 11 is 1.70. The topological polar surface area (TPSA) is 24.9 Å². The maximum absolute atomic E-state index is 5.14. The fourth-order valence-corrected chi connectivity index (χ4v) is 1.72. The zero-order valence-corrected chi connectivity index (χ0v) is 8.82. The summed E-state index contributed by atoms with van der Waals surface area (Å²) in [6.45, 7) is 5.14. The molecule has 2 nitrogen and oxygen atoms in total. The summed E-state index contributed by atoms with van der Waals surface area (Å²) in [5.74, 6) is 3.14. The van der Waals surface area contributed by atoms with Gasteiger partial charge in [0.2, 0.25) is 0 Å². The van der Waals surface area contributed by atoms with Crippen molar-refractivity contribution in [2.75, 3.05) is 11.9 Å². The SMILES string of the molecule is C#CCCNc1ncc(C(C)C)s1. The van der Waals surface area contributed by atoms with Crippen molar-refractivity contribution in [3.05, 3.63) is 11.1 Å². The molecule has 1 heterocycles. The van der Waals surface area contributed by atoms with Crippen LogP contribution < -0.4 is 5.32 Å². The normalized spacial score (nSPS) is 10.0. The second-order valence-electron chi connectivity index (χ2n) is 3.10. The second-order valence-corrected chi connectivity index (χ2v) is 4.17. The Morgan fingerprint density at radius 3 is 3.00 bits per heavy atom. The molecule has 0 radical (unpaired) electrons. The molecule has 1 aromatic heterocycles. The predicted octanol–water partition coefficient (Wildman–Crippen LogP) is 2.70. The van der Waals surface area contributed by atoms with Gasteiger partial charge in [-0.1, -0.05) is 13.8 Å². The second kappa shape index (κ2) is 4.88. The smallest absolute Gasteiger partial charge is 0.182 e. The molecule has 0 saturated heterocycles. The molecule has 3 heteroatoms. The van der Waals surface area contributed by atoms with E-state index in [1.54, 1.807) is 11.3 Å². The van der Waals surface area contributed by atoms with Gasteiger partial charge in [-0.15, -0.1) is 23.7 Å². The summed E-state index contributed by atoms with van der Waals surface area (Å²) in [5, 5.41) is 4.16. The van der Waals surface area contributed by atoms with Crippen LogP contribution in [0.15, 0.2) is 6.20 Å². The van der Waals surface area contributed by atoms with Gasteiger partial charge in [0, 0.05) is 24.0 Å². The highest BCUT2D eigenvalue weighted by Gasteiger charge is 2.03. The molecular weight excluding hydrogens is 180 g/mol. The Morgan fingerprint density at radius 2 is 2.46 bits per heavy atom. The van der Waals surface area contributed by atoms with Crippen LogP contribution >= 0.6 is 11.3 Å². The molecule has 0 aliphatic heterocycles. The molecule has 1 aromatic rings. The first-order valence-corrected chi connectivity index (χ1v) is 5.18. The molecule has 0 atom stereocenters. The fraction of sp³-hybridized carbons (Fsp3) is 0.500. The van der Waals surface area contributed by atoms with Crippen LogP contribution in [0, 0.1) is 12.3 Å². The summed E-state index contributed by atoms with van der Waals surface area (Å²) in [5.41, 5.74) is 0. The fourth-order valence-electron chi connectivity index (χ4n) is 0.877. The summed E-state index contributed by atoms with van der Waals surface area (Å²) in [7, 11) is 0. The van der Waals surface area contributed by atoms with Gasteiger partial charge in [0.15, 0.2) is 5.13 Å². The number of terminal acetylenes is 1. The van der Waals surface area contributed by atoms with Gasteiger partial charge in [-0.25, -0.2) is 4.98 Å². The van der Waals surface area contributed by atoms with E-state index < -0.39 is 0 Å². The summed E-state index contributed by atoms with van der Waals surface area (Å²) in [6.07, 6.45) is 7.81. The van der Waals surface area contributed by atoms with Crippen molar-refractivity contribution in [1.82, 2.24) is 4.98 Å². The van der Waals surface area contributed by atoms with E-state index in [4.69, 9.17) is 6.42 Å². The van der Waals surface area contributed by atoms with Crippen LogP contribution in [0.2, 0.25) is 0 Å². The number of aromatic nitrogens is 1. The van der Waals surface area contributed by atoms with E-state index in [9.17, 15) is 0 Å². The molecule has 0 aliphatic rings. The third kappa shape index (κ3) is 3.08. The Bertz CT molecular complexity index is 296. The van der Waals surface area contributed by atoms with E-state index in [1.165, 1.54) is 4.88 Å². The van der Waals surface area contributed by atoms with E-state index in [1.807, 2.05) is 6.20 Å². The molecular formula is C10H14N2S. The Morgan fingerprint density at radius 1 is 1.69 bits per heavy atom. The van der Waals surface area contributed by atoms with Crippen LogP contribution in [0.1, 0.15) is 31.1 Å². The highest BCUT2D eigenvalue weighted by molar-refractivity contribution is 7.15. The average Bonchev–Trinajstić information content (AvgIpc) is 2.53. The molecule has 1 N–H and O–H groups in total. The molecule has 0 aromatic carbocycles. The Balaban J connectivity index is 2.45. The Kier molecular flexibility index (Phi) is 3.78. The zero-order chi connectivity index (χ0) is 9.68. The highest BCUT2D eigenvalue weighted by atomic mass is 32.1.